The molecular formula is C24H26ClN3O5S2. The fourth-order valence-electron chi connectivity index (χ4n) is 3.43. The summed E-state index contributed by atoms with van der Waals surface area (Å²) in [6, 6.07) is 19.8. The van der Waals surface area contributed by atoms with E-state index in [-0.39, 0.29) is 20.5 Å². The standard InChI is InChI=1S/C24H26ClN3O5S2/c1-3-27(4-2)34(30,31)21-16-14-19(15-17-21)26-24(29)18-28(23-13-9-8-12-22(23)25)35(32,33)20-10-6-5-7-11-20/h5-17H,3-4,18H2,1-2H3,(H,26,29). The third kappa shape index (κ3) is 6.02. The highest BCUT2D eigenvalue weighted by atomic mass is 35.5. The molecule has 0 fully saturated rings. The normalized spacial score (nSPS) is 11.9. The van der Waals surface area contributed by atoms with E-state index in [1.807, 2.05) is 0 Å². The van der Waals surface area contributed by atoms with E-state index < -0.39 is 32.5 Å². The van der Waals surface area contributed by atoms with Gasteiger partial charge < -0.3 is 5.32 Å². The number of hydrogen-bond donors (Lipinski definition) is 1. The van der Waals surface area contributed by atoms with Crippen molar-refractivity contribution in [3.05, 3.63) is 83.9 Å². The molecule has 0 radical (unpaired) electrons. The predicted octanol–water partition coefficient (Wildman–Crippen LogP) is 4.20. The van der Waals surface area contributed by atoms with Crippen molar-refractivity contribution in [1.82, 2.24) is 4.31 Å². The lowest BCUT2D eigenvalue weighted by molar-refractivity contribution is -0.114. The number of nitrogens with one attached hydrogen (secondary N) is 1. The smallest absolute Gasteiger partial charge is 0.264 e. The SMILES string of the molecule is CCN(CC)S(=O)(=O)c1ccc(NC(=O)CN(c2ccccc2Cl)S(=O)(=O)c2ccccc2)cc1. The summed E-state index contributed by atoms with van der Waals surface area (Å²) in [5.41, 5.74) is 0.485. The highest BCUT2D eigenvalue weighted by Crippen LogP contribution is 2.30. The van der Waals surface area contributed by atoms with Crippen LogP contribution in [-0.2, 0) is 24.8 Å². The van der Waals surface area contributed by atoms with Gasteiger partial charge in [-0.2, -0.15) is 4.31 Å². The maximum absolute atomic E-state index is 13.4. The fraction of sp³-hybridized carbons (Fsp3) is 0.208. The van der Waals surface area contributed by atoms with Crippen molar-refractivity contribution in [1.29, 1.82) is 0 Å². The van der Waals surface area contributed by atoms with Crippen LogP contribution >= 0.6 is 11.6 Å². The summed E-state index contributed by atoms with van der Waals surface area (Å²) >= 11 is 6.27. The summed E-state index contributed by atoms with van der Waals surface area (Å²) in [5, 5.41) is 2.80. The summed E-state index contributed by atoms with van der Waals surface area (Å²) in [5.74, 6) is -0.622. The average Bonchev–Trinajstić information content (AvgIpc) is 2.84. The maximum Gasteiger partial charge on any atom is 0.264 e. The number of sulfonamides is 2. The molecule has 0 heterocycles. The Morgan fingerprint density at radius 1 is 0.771 bits per heavy atom. The first-order chi connectivity index (χ1) is 16.6. The fourth-order valence-corrected chi connectivity index (χ4v) is 6.63. The molecule has 0 aliphatic heterocycles. The van der Waals surface area contributed by atoms with E-state index in [1.54, 1.807) is 44.2 Å². The van der Waals surface area contributed by atoms with Crippen LogP contribution < -0.4 is 9.62 Å². The van der Waals surface area contributed by atoms with E-state index in [9.17, 15) is 21.6 Å². The molecule has 186 valence electrons. The zero-order valence-corrected chi connectivity index (χ0v) is 21.6. The maximum atomic E-state index is 13.4. The van der Waals surface area contributed by atoms with Gasteiger partial charge in [0.15, 0.2) is 0 Å². The molecule has 0 aliphatic rings. The van der Waals surface area contributed by atoms with Gasteiger partial charge >= 0.3 is 0 Å². The lowest BCUT2D eigenvalue weighted by Gasteiger charge is -2.25. The summed E-state index contributed by atoms with van der Waals surface area (Å²) in [7, 11) is -7.74. The van der Waals surface area contributed by atoms with Gasteiger partial charge in [0, 0.05) is 18.8 Å². The molecule has 0 saturated heterocycles. The van der Waals surface area contributed by atoms with Crippen LogP contribution in [0.1, 0.15) is 13.8 Å². The Hall–Kier alpha value is -2.92. The Morgan fingerprint density at radius 2 is 1.31 bits per heavy atom. The number of amides is 1. The van der Waals surface area contributed by atoms with E-state index in [0.717, 1.165) is 4.31 Å². The van der Waals surface area contributed by atoms with E-state index in [4.69, 9.17) is 11.6 Å². The number of carbonyl (C=O) groups excluding carboxylic acids is 1. The van der Waals surface area contributed by atoms with Crippen LogP contribution in [0.3, 0.4) is 0 Å². The molecule has 3 aromatic rings. The molecule has 35 heavy (non-hydrogen) atoms. The largest absolute Gasteiger partial charge is 0.325 e. The summed E-state index contributed by atoms with van der Waals surface area (Å²) in [6.45, 7) is 3.64. The zero-order valence-electron chi connectivity index (χ0n) is 19.3. The van der Waals surface area contributed by atoms with Crippen molar-refractivity contribution in [2.45, 2.75) is 23.6 Å². The summed E-state index contributed by atoms with van der Waals surface area (Å²) in [6.07, 6.45) is 0. The Labute approximate surface area is 211 Å². The van der Waals surface area contributed by atoms with Crippen molar-refractivity contribution < 1.29 is 21.6 Å². The van der Waals surface area contributed by atoms with Gasteiger partial charge in [0.2, 0.25) is 15.9 Å². The average molecular weight is 536 g/mol. The third-order valence-corrected chi connectivity index (χ3v) is 9.38. The second-order valence-corrected chi connectivity index (χ2v) is 11.6. The number of carbonyl (C=O) groups is 1. The molecule has 0 atom stereocenters. The van der Waals surface area contributed by atoms with Crippen molar-refractivity contribution in [3.63, 3.8) is 0 Å². The van der Waals surface area contributed by atoms with Crippen LogP contribution in [0.25, 0.3) is 0 Å². The lowest BCUT2D eigenvalue weighted by atomic mass is 10.3. The Morgan fingerprint density at radius 3 is 1.89 bits per heavy atom. The zero-order chi connectivity index (χ0) is 25.6. The molecule has 1 amide bonds. The molecule has 0 saturated carbocycles. The van der Waals surface area contributed by atoms with Crippen LogP contribution in [0.15, 0.2) is 88.7 Å². The van der Waals surface area contributed by atoms with Crippen LogP contribution in [0.5, 0.6) is 0 Å². The molecule has 11 heteroatoms. The van der Waals surface area contributed by atoms with Crippen LogP contribution in [0.4, 0.5) is 11.4 Å². The molecule has 3 aromatic carbocycles. The third-order valence-electron chi connectivity index (χ3n) is 5.22. The van der Waals surface area contributed by atoms with Crippen LogP contribution in [-0.4, -0.2) is 46.7 Å². The topological polar surface area (TPSA) is 104 Å². The van der Waals surface area contributed by atoms with E-state index in [2.05, 4.69) is 5.32 Å². The monoisotopic (exact) mass is 535 g/mol. The quantitative estimate of drug-likeness (QED) is 0.419. The minimum atomic E-state index is -4.10. The highest BCUT2D eigenvalue weighted by molar-refractivity contribution is 7.93. The van der Waals surface area contributed by atoms with Gasteiger partial charge in [0.25, 0.3) is 10.0 Å². The van der Waals surface area contributed by atoms with E-state index >= 15 is 0 Å². The molecule has 1 N–H and O–H groups in total. The van der Waals surface area contributed by atoms with Gasteiger partial charge in [-0.3, -0.25) is 9.10 Å². The predicted molar refractivity (Wildman–Crippen MR) is 138 cm³/mol. The lowest BCUT2D eigenvalue weighted by Crippen LogP contribution is -2.38. The first-order valence-electron chi connectivity index (χ1n) is 10.8. The second kappa shape index (κ2) is 11.2. The Bertz CT molecular complexity index is 1380. The van der Waals surface area contributed by atoms with E-state index in [0.29, 0.717) is 18.8 Å². The first kappa shape index (κ1) is 26.7. The van der Waals surface area contributed by atoms with Gasteiger partial charge in [0.1, 0.15) is 6.54 Å². The highest BCUT2D eigenvalue weighted by Gasteiger charge is 2.28. The van der Waals surface area contributed by atoms with Crippen molar-refractivity contribution in [2.24, 2.45) is 0 Å². The summed E-state index contributed by atoms with van der Waals surface area (Å²) < 4.78 is 54.3. The summed E-state index contributed by atoms with van der Waals surface area (Å²) in [4.78, 5) is 13.0. The van der Waals surface area contributed by atoms with Crippen LogP contribution in [0, 0.1) is 0 Å². The molecule has 0 spiro atoms. The van der Waals surface area contributed by atoms with Gasteiger partial charge in [-0.15, -0.1) is 0 Å². The number of anilines is 2. The number of benzene rings is 3. The molecular weight excluding hydrogens is 510 g/mol. The van der Waals surface area contributed by atoms with Crippen LogP contribution in [0.2, 0.25) is 5.02 Å². The van der Waals surface area contributed by atoms with Crippen molar-refractivity contribution >= 4 is 48.9 Å². The molecule has 0 aliphatic carbocycles. The van der Waals surface area contributed by atoms with Crippen molar-refractivity contribution in [3.8, 4) is 0 Å². The van der Waals surface area contributed by atoms with Gasteiger partial charge in [-0.05, 0) is 48.5 Å². The van der Waals surface area contributed by atoms with Crippen molar-refractivity contribution in [2.75, 3.05) is 29.3 Å². The number of halogens is 1. The Balaban J connectivity index is 1.86. The number of rotatable bonds is 10. The van der Waals surface area contributed by atoms with Gasteiger partial charge in [0.05, 0.1) is 20.5 Å². The molecule has 8 nitrogen and oxygen atoms in total. The minimum absolute atomic E-state index is 0.0127. The Kier molecular flexibility index (Phi) is 8.55. The minimum Gasteiger partial charge on any atom is -0.325 e. The molecule has 0 aromatic heterocycles. The molecule has 3 rings (SSSR count). The van der Waals surface area contributed by atoms with E-state index in [1.165, 1.54) is 52.8 Å². The molecule has 0 unspecified atom stereocenters. The number of para-hydroxylation sites is 1. The second-order valence-electron chi connectivity index (χ2n) is 7.44. The number of hydrogen-bond acceptors (Lipinski definition) is 5. The molecule has 0 bridgehead atoms. The number of nitrogens with zero attached hydrogens (tertiary/aromatic N) is 2. The first-order valence-corrected chi connectivity index (χ1v) is 14.1. The van der Waals surface area contributed by atoms with Gasteiger partial charge in [-0.1, -0.05) is 55.8 Å². The van der Waals surface area contributed by atoms with Gasteiger partial charge in [-0.25, -0.2) is 16.8 Å².